The molecule has 0 spiro atoms. The van der Waals surface area contributed by atoms with Gasteiger partial charge in [0.1, 0.15) is 6.10 Å². The minimum Gasteiger partial charge on any atom is -0.493 e. The van der Waals surface area contributed by atoms with Crippen molar-refractivity contribution in [2.45, 2.75) is 103 Å². The minimum absolute atomic E-state index is 0.221. The molecule has 1 aliphatic rings. The number of carbonyl (C=O) groups is 2. The van der Waals surface area contributed by atoms with Gasteiger partial charge >= 0.3 is 11.9 Å². The lowest BCUT2D eigenvalue weighted by atomic mass is 9.83. The zero-order valence-corrected chi connectivity index (χ0v) is 23.8. The molecule has 0 radical (unpaired) electrons. The predicted octanol–water partition coefficient (Wildman–Crippen LogP) is 7.84. The number of benzene rings is 1. The molecule has 1 aliphatic carbocycles. The summed E-state index contributed by atoms with van der Waals surface area (Å²) in [6.45, 7) is 8.18. The van der Waals surface area contributed by atoms with Crippen LogP contribution in [-0.2, 0) is 19.1 Å². The third kappa shape index (κ3) is 12.2. The Bertz CT molecular complexity index is 884. The molecule has 2 rings (SSSR count). The highest BCUT2D eigenvalue weighted by molar-refractivity contribution is 5.87. The van der Waals surface area contributed by atoms with Gasteiger partial charge in [0.25, 0.3) is 0 Å². The summed E-state index contributed by atoms with van der Waals surface area (Å²) in [7, 11) is 1.65. The van der Waals surface area contributed by atoms with Gasteiger partial charge in [-0.25, -0.2) is 9.59 Å². The lowest BCUT2D eigenvalue weighted by Crippen LogP contribution is -2.29. The Kier molecular flexibility index (Phi) is 15.3. The van der Waals surface area contributed by atoms with E-state index in [2.05, 4.69) is 13.5 Å². The molecule has 0 bridgehead atoms. The summed E-state index contributed by atoms with van der Waals surface area (Å²) in [6, 6.07) is 5.81. The second-order valence-corrected chi connectivity index (χ2v) is 10.3. The highest BCUT2D eigenvalue weighted by Crippen LogP contribution is 2.35. The van der Waals surface area contributed by atoms with Crippen LogP contribution in [0, 0.1) is 5.92 Å². The molecule has 0 aromatic heterocycles. The Hall–Kier alpha value is -2.76. The summed E-state index contributed by atoms with van der Waals surface area (Å²) >= 11 is 0. The van der Waals surface area contributed by atoms with Crippen molar-refractivity contribution < 1.29 is 28.5 Å². The van der Waals surface area contributed by atoms with E-state index in [9.17, 15) is 9.59 Å². The Labute approximate surface area is 229 Å². The molecule has 0 aliphatic heterocycles. The van der Waals surface area contributed by atoms with Gasteiger partial charge in [-0.15, -0.1) is 0 Å². The van der Waals surface area contributed by atoms with Gasteiger partial charge < -0.3 is 18.9 Å². The van der Waals surface area contributed by atoms with Crippen molar-refractivity contribution in [3.63, 3.8) is 0 Å². The number of hydrogen-bond donors (Lipinski definition) is 0. The molecule has 0 N–H and O–H groups in total. The van der Waals surface area contributed by atoms with E-state index in [4.69, 9.17) is 18.9 Å². The standard InChI is InChI=1S/C32H48O6/c1-5-6-10-17-28(27-15-11-9-12-16-27)38-29-20-18-26(24-30(29)35-4)19-21-31(33)36-22-13-7-8-14-23-37-32(34)25(2)3/h18-21,24,27-28H,2,5-17,22-23H2,1,3-4H3/b21-19+. The van der Waals surface area contributed by atoms with E-state index in [-0.39, 0.29) is 18.0 Å². The van der Waals surface area contributed by atoms with Crippen LogP contribution in [0.25, 0.3) is 6.08 Å². The maximum Gasteiger partial charge on any atom is 0.333 e. The molecule has 1 fully saturated rings. The van der Waals surface area contributed by atoms with E-state index >= 15 is 0 Å². The topological polar surface area (TPSA) is 71.1 Å². The van der Waals surface area contributed by atoms with Crippen molar-refractivity contribution in [1.82, 2.24) is 0 Å². The summed E-state index contributed by atoms with van der Waals surface area (Å²) in [4.78, 5) is 23.4. The number of hydrogen-bond acceptors (Lipinski definition) is 6. The first-order valence-corrected chi connectivity index (χ1v) is 14.5. The van der Waals surface area contributed by atoms with Crippen LogP contribution in [0.1, 0.15) is 103 Å². The summed E-state index contributed by atoms with van der Waals surface area (Å²) in [5.74, 6) is 1.35. The maximum atomic E-state index is 12.1. The van der Waals surface area contributed by atoms with Gasteiger partial charge in [-0.3, -0.25) is 0 Å². The molecule has 1 aromatic rings. The largest absolute Gasteiger partial charge is 0.493 e. The van der Waals surface area contributed by atoms with Gasteiger partial charge in [-0.05, 0) is 88.0 Å². The molecule has 6 nitrogen and oxygen atoms in total. The monoisotopic (exact) mass is 528 g/mol. The normalized spacial score (nSPS) is 14.7. The molecule has 1 atom stereocenters. The SMILES string of the molecule is C=C(C)C(=O)OCCCCCCOC(=O)/C=C/c1ccc(OC(CCCCC)C2CCCCC2)c(OC)c1. The number of unbranched alkanes of at least 4 members (excludes halogenated alkanes) is 5. The zero-order valence-electron chi connectivity index (χ0n) is 23.8. The van der Waals surface area contributed by atoms with E-state index in [1.165, 1.54) is 57.4 Å². The molecule has 1 aromatic carbocycles. The fraction of sp³-hybridized carbons (Fsp3) is 0.625. The molecular formula is C32H48O6. The Balaban J connectivity index is 1.79. The highest BCUT2D eigenvalue weighted by Gasteiger charge is 2.26. The predicted molar refractivity (Wildman–Crippen MR) is 152 cm³/mol. The van der Waals surface area contributed by atoms with Crippen LogP contribution in [-0.4, -0.2) is 38.4 Å². The molecule has 0 amide bonds. The van der Waals surface area contributed by atoms with Crippen LogP contribution in [0.3, 0.4) is 0 Å². The first-order chi connectivity index (χ1) is 18.4. The van der Waals surface area contributed by atoms with Gasteiger partial charge in [-0.2, -0.15) is 0 Å². The summed E-state index contributed by atoms with van der Waals surface area (Å²) in [5, 5.41) is 0. The maximum absolute atomic E-state index is 12.1. The molecule has 0 heterocycles. The first-order valence-electron chi connectivity index (χ1n) is 14.5. The quantitative estimate of drug-likeness (QED) is 0.110. The number of carbonyl (C=O) groups excluding carboxylic acids is 2. The van der Waals surface area contributed by atoms with E-state index in [0.29, 0.717) is 30.5 Å². The number of ether oxygens (including phenoxy) is 4. The van der Waals surface area contributed by atoms with Crippen LogP contribution in [0.2, 0.25) is 0 Å². The van der Waals surface area contributed by atoms with Gasteiger partial charge in [0, 0.05) is 11.6 Å². The van der Waals surface area contributed by atoms with Crippen LogP contribution in [0.15, 0.2) is 36.4 Å². The van der Waals surface area contributed by atoms with Crippen molar-refractivity contribution in [3.8, 4) is 11.5 Å². The van der Waals surface area contributed by atoms with Crippen LogP contribution >= 0.6 is 0 Å². The molecule has 1 unspecified atom stereocenters. The van der Waals surface area contributed by atoms with E-state index in [1.807, 2.05) is 18.2 Å². The van der Waals surface area contributed by atoms with Crippen molar-refractivity contribution in [3.05, 3.63) is 42.0 Å². The number of esters is 2. The van der Waals surface area contributed by atoms with Crippen molar-refractivity contribution in [2.75, 3.05) is 20.3 Å². The van der Waals surface area contributed by atoms with Gasteiger partial charge in [0.05, 0.1) is 20.3 Å². The summed E-state index contributed by atoms with van der Waals surface area (Å²) in [6.07, 6.45) is 17.9. The van der Waals surface area contributed by atoms with Crippen LogP contribution in [0.4, 0.5) is 0 Å². The average molecular weight is 529 g/mol. The Morgan fingerprint density at radius 3 is 2.34 bits per heavy atom. The summed E-state index contributed by atoms with van der Waals surface area (Å²) in [5.41, 5.74) is 1.27. The third-order valence-corrected chi connectivity index (χ3v) is 7.01. The molecule has 38 heavy (non-hydrogen) atoms. The second kappa shape index (κ2) is 18.5. The van der Waals surface area contributed by atoms with Crippen LogP contribution < -0.4 is 9.47 Å². The molecule has 6 heteroatoms. The smallest absolute Gasteiger partial charge is 0.333 e. The Morgan fingerprint density at radius 1 is 0.974 bits per heavy atom. The van der Waals surface area contributed by atoms with E-state index < -0.39 is 0 Å². The van der Waals surface area contributed by atoms with E-state index in [0.717, 1.165) is 43.4 Å². The zero-order chi connectivity index (χ0) is 27.6. The first kappa shape index (κ1) is 31.5. The second-order valence-electron chi connectivity index (χ2n) is 10.3. The number of methoxy groups -OCH3 is 1. The lowest BCUT2D eigenvalue weighted by Gasteiger charge is -2.31. The van der Waals surface area contributed by atoms with Gasteiger partial charge in [0.2, 0.25) is 0 Å². The highest BCUT2D eigenvalue weighted by atomic mass is 16.5. The van der Waals surface area contributed by atoms with Crippen LogP contribution in [0.5, 0.6) is 11.5 Å². The molecule has 212 valence electrons. The van der Waals surface area contributed by atoms with Crippen molar-refractivity contribution in [1.29, 1.82) is 0 Å². The lowest BCUT2D eigenvalue weighted by molar-refractivity contribution is -0.139. The fourth-order valence-corrected chi connectivity index (χ4v) is 4.77. The van der Waals surface area contributed by atoms with Crippen molar-refractivity contribution in [2.24, 2.45) is 5.92 Å². The number of rotatable bonds is 18. The molecule has 0 saturated heterocycles. The fourth-order valence-electron chi connectivity index (χ4n) is 4.77. The average Bonchev–Trinajstić information content (AvgIpc) is 2.93. The summed E-state index contributed by atoms with van der Waals surface area (Å²) < 4.78 is 22.6. The van der Waals surface area contributed by atoms with Gasteiger partial charge in [-0.1, -0.05) is 51.7 Å². The van der Waals surface area contributed by atoms with E-state index in [1.54, 1.807) is 20.1 Å². The molecular weight excluding hydrogens is 480 g/mol. The van der Waals surface area contributed by atoms with Gasteiger partial charge in [0.15, 0.2) is 11.5 Å². The van der Waals surface area contributed by atoms with Crippen molar-refractivity contribution >= 4 is 18.0 Å². The third-order valence-electron chi connectivity index (χ3n) is 7.01. The Morgan fingerprint density at radius 2 is 1.68 bits per heavy atom. The minimum atomic E-state index is -0.368. The molecule has 1 saturated carbocycles.